The maximum absolute atomic E-state index is 12.9. The molecular formula is C68H122O6. The van der Waals surface area contributed by atoms with Crippen molar-refractivity contribution >= 4 is 17.9 Å². The monoisotopic (exact) mass is 1030 g/mol. The van der Waals surface area contributed by atoms with Gasteiger partial charge in [-0.3, -0.25) is 14.4 Å². The van der Waals surface area contributed by atoms with Crippen LogP contribution in [0.15, 0.2) is 60.8 Å². The van der Waals surface area contributed by atoms with Crippen molar-refractivity contribution in [3.05, 3.63) is 60.8 Å². The highest BCUT2D eigenvalue weighted by Crippen LogP contribution is 2.17. The molecule has 74 heavy (non-hydrogen) atoms. The molecule has 0 aromatic heterocycles. The maximum atomic E-state index is 12.9. The SMILES string of the molecule is CC/C=C\C/C=C\C/C=C\C/C=C\C/C=C\CCCCCCCCCC(=O)OCC(COC(=O)CCCCCCCCCCCCCCCCCC)OC(=O)CCCCCCCCCCCCCCCCCCC. The van der Waals surface area contributed by atoms with Crippen molar-refractivity contribution in [2.24, 2.45) is 0 Å². The maximum Gasteiger partial charge on any atom is 0.306 e. The lowest BCUT2D eigenvalue weighted by molar-refractivity contribution is -0.167. The van der Waals surface area contributed by atoms with Crippen LogP contribution in [-0.4, -0.2) is 37.2 Å². The lowest BCUT2D eigenvalue weighted by Gasteiger charge is -2.18. The summed E-state index contributed by atoms with van der Waals surface area (Å²) in [4.78, 5) is 38.3. The molecule has 1 atom stereocenters. The van der Waals surface area contributed by atoms with Crippen molar-refractivity contribution in [2.75, 3.05) is 13.2 Å². The van der Waals surface area contributed by atoms with Crippen LogP contribution in [-0.2, 0) is 28.6 Å². The van der Waals surface area contributed by atoms with Crippen LogP contribution in [0.4, 0.5) is 0 Å². The summed E-state index contributed by atoms with van der Waals surface area (Å²) >= 11 is 0. The van der Waals surface area contributed by atoms with Gasteiger partial charge in [-0.05, 0) is 64.2 Å². The van der Waals surface area contributed by atoms with Gasteiger partial charge < -0.3 is 14.2 Å². The van der Waals surface area contributed by atoms with Gasteiger partial charge in [0.15, 0.2) is 6.10 Å². The molecule has 0 bridgehead atoms. The molecule has 0 saturated carbocycles. The van der Waals surface area contributed by atoms with Crippen molar-refractivity contribution in [2.45, 2.75) is 341 Å². The molecule has 6 nitrogen and oxygen atoms in total. The summed E-state index contributed by atoms with van der Waals surface area (Å²) in [7, 11) is 0. The minimum Gasteiger partial charge on any atom is -0.462 e. The first-order valence-electron chi connectivity index (χ1n) is 32.3. The molecule has 0 heterocycles. The van der Waals surface area contributed by atoms with Crippen LogP contribution in [0.2, 0.25) is 0 Å². The van der Waals surface area contributed by atoms with Crippen molar-refractivity contribution in [1.29, 1.82) is 0 Å². The summed E-state index contributed by atoms with van der Waals surface area (Å²) in [6, 6.07) is 0. The number of unbranched alkanes of at least 4 members (excludes halogenated alkanes) is 38. The molecule has 0 saturated heterocycles. The third-order valence-corrected chi connectivity index (χ3v) is 14.3. The van der Waals surface area contributed by atoms with E-state index < -0.39 is 6.10 Å². The van der Waals surface area contributed by atoms with Gasteiger partial charge in [0.05, 0.1) is 0 Å². The fourth-order valence-corrected chi connectivity index (χ4v) is 9.47. The zero-order valence-corrected chi connectivity index (χ0v) is 49.4. The Balaban J connectivity index is 4.35. The topological polar surface area (TPSA) is 78.9 Å². The molecule has 1 unspecified atom stereocenters. The lowest BCUT2D eigenvalue weighted by atomic mass is 10.0. The fourth-order valence-electron chi connectivity index (χ4n) is 9.47. The Morgan fingerprint density at radius 1 is 0.284 bits per heavy atom. The second-order valence-corrected chi connectivity index (χ2v) is 21.7. The van der Waals surface area contributed by atoms with E-state index >= 15 is 0 Å². The number of allylic oxidation sites excluding steroid dienone is 10. The molecule has 0 aromatic rings. The summed E-state index contributed by atoms with van der Waals surface area (Å²) in [5, 5.41) is 0. The number of esters is 3. The van der Waals surface area contributed by atoms with Gasteiger partial charge in [-0.1, -0.05) is 313 Å². The van der Waals surface area contributed by atoms with E-state index in [0.717, 1.165) is 96.3 Å². The van der Waals surface area contributed by atoms with Crippen LogP contribution < -0.4 is 0 Å². The standard InChI is InChI=1S/C68H122O6/c1-4-7-10-13-16-19-22-25-28-31-32-33-34-35-36-38-40-43-46-49-52-55-58-61-67(70)73-64-65(63-72-66(69)60-57-54-51-48-45-42-39-30-27-24-21-18-15-12-9-6-3)74-68(71)62-59-56-53-50-47-44-41-37-29-26-23-20-17-14-11-8-5-2/h7,10,16,19,25,28,32-33,35-36,65H,4-6,8-9,11-15,17-18,20-24,26-27,29-31,34,37-64H2,1-3H3/b10-7-,19-16-,28-25-,33-32-,36-35-. The number of rotatable bonds is 59. The number of carbonyl (C=O) groups is 3. The predicted octanol–water partition coefficient (Wildman–Crippen LogP) is 21.9. The molecule has 0 amide bonds. The Morgan fingerprint density at radius 3 is 0.824 bits per heavy atom. The molecule has 0 aliphatic rings. The highest BCUT2D eigenvalue weighted by Gasteiger charge is 2.19. The molecule has 430 valence electrons. The number of hydrogen-bond donors (Lipinski definition) is 0. The first-order valence-corrected chi connectivity index (χ1v) is 32.3. The van der Waals surface area contributed by atoms with Gasteiger partial charge in [0.2, 0.25) is 0 Å². The van der Waals surface area contributed by atoms with Gasteiger partial charge in [0, 0.05) is 19.3 Å². The Labute approximate surface area is 460 Å². The molecular weight excluding hydrogens is 913 g/mol. The fraction of sp³-hybridized carbons (Fsp3) is 0.809. The van der Waals surface area contributed by atoms with Crippen molar-refractivity contribution < 1.29 is 28.6 Å². The van der Waals surface area contributed by atoms with Crippen LogP contribution in [0.25, 0.3) is 0 Å². The highest BCUT2D eigenvalue weighted by atomic mass is 16.6. The van der Waals surface area contributed by atoms with E-state index in [1.807, 2.05) is 0 Å². The Kier molecular flexibility index (Phi) is 60.2. The molecule has 0 fully saturated rings. The van der Waals surface area contributed by atoms with E-state index in [2.05, 4.69) is 81.5 Å². The molecule has 0 radical (unpaired) electrons. The van der Waals surface area contributed by atoms with Gasteiger partial charge in [-0.15, -0.1) is 0 Å². The minimum atomic E-state index is -0.776. The quantitative estimate of drug-likeness (QED) is 0.0261. The predicted molar refractivity (Wildman–Crippen MR) is 321 cm³/mol. The second-order valence-electron chi connectivity index (χ2n) is 21.7. The smallest absolute Gasteiger partial charge is 0.306 e. The van der Waals surface area contributed by atoms with E-state index in [9.17, 15) is 14.4 Å². The van der Waals surface area contributed by atoms with Gasteiger partial charge in [-0.25, -0.2) is 0 Å². The third-order valence-electron chi connectivity index (χ3n) is 14.3. The Morgan fingerprint density at radius 2 is 0.527 bits per heavy atom. The van der Waals surface area contributed by atoms with Gasteiger partial charge in [0.1, 0.15) is 13.2 Å². The third kappa shape index (κ3) is 60.0. The first kappa shape index (κ1) is 71.1. The first-order chi connectivity index (χ1) is 36.5. The molecule has 0 rings (SSSR count). The van der Waals surface area contributed by atoms with Crippen LogP contribution in [0.1, 0.15) is 335 Å². The van der Waals surface area contributed by atoms with Crippen molar-refractivity contribution in [1.82, 2.24) is 0 Å². The highest BCUT2D eigenvalue weighted by molar-refractivity contribution is 5.71. The van der Waals surface area contributed by atoms with Crippen LogP contribution in [0.3, 0.4) is 0 Å². The zero-order chi connectivity index (χ0) is 53.6. The summed E-state index contributed by atoms with van der Waals surface area (Å²) in [6.07, 6.45) is 79.3. The minimum absolute atomic E-state index is 0.0726. The van der Waals surface area contributed by atoms with E-state index in [4.69, 9.17) is 14.2 Å². The molecule has 0 aliphatic carbocycles. The number of carbonyl (C=O) groups excluding carboxylic acids is 3. The van der Waals surface area contributed by atoms with E-state index in [1.165, 1.54) is 199 Å². The average Bonchev–Trinajstić information content (AvgIpc) is 3.40. The van der Waals surface area contributed by atoms with Gasteiger partial charge in [0.25, 0.3) is 0 Å². The summed E-state index contributed by atoms with van der Waals surface area (Å²) in [5.74, 6) is -0.862. The number of ether oxygens (including phenoxy) is 3. The van der Waals surface area contributed by atoms with Crippen molar-refractivity contribution in [3.63, 3.8) is 0 Å². The Hall–Kier alpha value is -2.89. The lowest BCUT2D eigenvalue weighted by Crippen LogP contribution is -2.30. The van der Waals surface area contributed by atoms with E-state index in [1.54, 1.807) is 0 Å². The van der Waals surface area contributed by atoms with E-state index in [0.29, 0.717) is 19.3 Å². The van der Waals surface area contributed by atoms with Gasteiger partial charge >= 0.3 is 17.9 Å². The second kappa shape index (κ2) is 62.6. The molecule has 0 aliphatic heterocycles. The summed E-state index contributed by atoms with van der Waals surface area (Å²) in [5.41, 5.74) is 0. The molecule has 0 spiro atoms. The Bertz CT molecular complexity index is 1330. The summed E-state index contributed by atoms with van der Waals surface area (Å²) in [6.45, 7) is 6.58. The van der Waals surface area contributed by atoms with Crippen LogP contribution in [0, 0.1) is 0 Å². The molecule has 0 N–H and O–H groups in total. The van der Waals surface area contributed by atoms with Crippen LogP contribution in [0.5, 0.6) is 0 Å². The van der Waals surface area contributed by atoms with E-state index in [-0.39, 0.29) is 31.1 Å². The van der Waals surface area contributed by atoms with Crippen LogP contribution >= 0.6 is 0 Å². The average molecular weight is 1040 g/mol. The number of hydrogen-bond acceptors (Lipinski definition) is 6. The molecule has 6 heteroatoms. The molecule has 0 aromatic carbocycles. The normalized spacial score (nSPS) is 12.4. The summed E-state index contributed by atoms with van der Waals surface area (Å²) < 4.78 is 17.0. The largest absolute Gasteiger partial charge is 0.462 e. The van der Waals surface area contributed by atoms with Gasteiger partial charge in [-0.2, -0.15) is 0 Å². The van der Waals surface area contributed by atoms with Crippen molar-refractivity contribution in [3.8, 4) is 0 Å². The zero-order valence-electron chi connectivity index (χ0n) is 49.4.